The van der Waals surface area contributed by atoms with E-state index in [1.54, 1.807) is 11.8 Å². The highest BCUT2D eigenvalue weighted by atomic mass is 79.9. The van der Waals surface area contributed by atoms with Gasteiger partial charge < -0.3 is 9.47 Å². The molecule has 0 aliphatic carbocycles. The highest BCUT2D eigenvalue weighted by Gasteiger charge is 2.00. The molecule has 2 aromatic carbocycles. The van der Waals surface area contributed by atoms with Crippen LogP contribution >= 0.6 is 27.7 Å². The average Bonchev–Trinajstić information content (AvgIpc) is 2.56. The quantitative estimate of drug-likeness (QED) is 0.366. The van der Waals surface area contributed by atoms with Gasteiger partial charge in [0.25, 0.3) is 0 Å². The monoisotopic (exact) mass is 376 g/mol. The lowest BCUT2D eigenvalue weighted by molar-refractivity contribution is 0.319. The van der Waals surface area contributed by atoms with E-state index in [2.05, 4.69) is 34.0 Å². The van der Waals surface area contributed by atoms with Crippen molar-refractivity contribution in [3.8, 4) is 23.8 Å². The van der Waals surface area contributed by atoms with Crippen molar-refractivity contribution in [3.05, 3.63) is 48.5 Å². The lowest BCUT2D eigenvalue weighted by atomic mass is 10.3. The largest absolute Gasteiger partial charge is 0.494 e. The highest BCUT2D eigenvalue weighted by molar-refractivity contribution is 9.09. The van der Waals surface area contributed by atoms with E-state index in [4.69, 9.17) is 15.9 Å². The Morgan fingerprint density at radius 1 is 0.909 bits per heavy atom. The lowest BCUT2D eigenvalue weighted by Crippen LogP contribution is -1.97. The third-order valence-electron chi connectivity index (χ3n) is 2.75. The van der Waals surface area contributed by atoms with Crippen molar-refractivity contribution < 1.29 is 9.47 Å². The minimum absolute atomic E-state index is 0.295. The van der Waals surface area contributed by atoms with Crippen molar-refractivity contribution in [1.29, 1.82) is 0 Å². The van der Waals surface area contributed by atoms with Crippen molar-refractivity contribution >= 4 is 27.7 Å². The topological polar surface area (TPSA) is 18.5 Å². The number of hydrogen-bond donors (Lipinski definition) is 0. The van der Waals surface area contributed by atoms with Crippen LogP contribution in [-0.4, -0.2) is 18.5 Å². The predicted molar refractivity (Wildman–Crippen MR) is 95.2 cm³/mol. The van der Waals surface area contributed by atoms with Gasteiger partial charge in [-0.05, 0) is 55.0 Å². The standard InChI is InChI=1S/C18H17BrO2S/c1-2-13-20-15-4-8-17(9-5-15)22-18-10-6-16(7-11-18)21-14-3-12-19/h1,4-11H,3,12-14H2. The molecule has 0 fully saturated rings. The second-order valence-corrected chi connectivity index (χ2v) is 6.37. The molecule has 2 rings (SSSR count). The number of rotatable bonds is 8. The molecule has 0 amide bonds. The molecule has 0 aliphatic rings. The van der Waals surface area contributed by atoms with Gasteiger partial charge in [0, 0.05) is 15.1 Å². The molecule has 2 nitrogen and oxygen atoms in total. The second kappa shape index (κ2) is 9.45. The van der Waals surface area contributed by atoms with Crippen LogP contribution in [0.5, 0.6) is 11.5 Å². The summed E-state index contributed by atoms with van der Waals surface area (Å²) in [6, 6.07) is 16.0. The van der Waals surface area contributed by atoms with E-state index in [-0.39, 0.29) is 0 Å². The van der Waals surface area contributed by atoms with Crippen LogP contribution < -0.4 is 9.47 Å². The first-order chi connectivity index (χ1) is 10.8. The molecule has 0 bridgehead atoms. The van der Waals surface area contributed by atoms with Crippen molar-refractivity contribution in [3.63, 3.8) is 0 Å². The van der Waals surface area contributed by atoms with Crippen LogP contribution in [0.15, 0.2) is 58.3 Å². The van der Waals surface area contributed by atoms with Crippen LogP contribution in [0.2, 0.25) is 0 Å². The minimum atomic E-state index is 0.295. The van der Waals surface area contributed by atoms with E-state index >= 15 is 0 Å². The zero-order valence-electron chi connectivity index (χ0n) is 12.1. The summed E-state index contributed by atoms with van der Waals surface area (Å²) < 4.78 is 11.0. The number of hydrogen-bond acceptors (Lipinski definition) is 3. The van der Waals surface area contributed by atoms with Gasteiger partial charge in [-0.3, -0.25) is 0 Å². The van der Waals surface area contributed by atoms with Gasteiger partial charge in [-0.25, -0.2) is 0 Å². The van der Waals surface area contributed by atoms with Gasteiger partial charge in [0.2, 0.25) is 0 Å². The van der Waals surface area contributed by atoms with Gasteiger partial charge in [0.15, 0.2) is 0 Å². The van der Waals surface area contributed by atoms with Crippen LogP contribution in [0.4, 0.5) is 0 Å². The van der Waals surface area contributed by atoms with E-state index in [0.717, 1.165) is 34.8 Å². The van der Waals surface area contributed by atoms with E-state index in [1.807, 2.05) is 36.4 Å². The SMILES string of the molecule is C#CCOc1ccc(Sc2ccc(OCCCBr)cc2)cc1. The molecule has 0 heterocycles. The zero-order valence-corrected chi connectivity index (χ0v) is 14.5. The molecule has 0 saturated carbocycles. The summed E-state index contributed by atoms with van der Waals surface area (Å²) in [5.41, 5.74) is 0. The fourth-order valence-corrected chi connectivity index (χ4v) is 2.76. The molecule has 2 aromatic rings. The van der Waals surface area contributed by atoms with Crippen LogP contribution in [0, 0.1) is 12.3 Å². The van der Waals surface area contributed by atoms with Gasteiger partial charge in [-0.1, -0.05) is 33.6 Å². The number of terminal acetylenes is 1. The van der Waals surface area contributed by atoms with Gasteiger partial charge in [-0.2, -0.15) is 0 Å². The molecule has 114 valence electrons. The third kappa shape index (κ3) is 5.67. The van der Waals surface area contributed by atoms with Crippen LogP contribution in [-0.2, 0) is 0 Å². The Kier molecular flexibility index (Phi) is 7.21. The Morgan fingerprint density at radius 2 is 1.45 bits per heavy atom. The molecular formula is C18H17BrO2S. The van der Waals surface area contributed by atoms with E-state index in [9.17, 15) is 0 Å². The first-order valence-corrected chi connectivity index (χ1v) is 8.88. The van der Waals surface area contributed by atoms with Crippen molar-refractivity contribution in [2.45, 2.75) is 16.2 Å². The number of halogens is 1. The molecule has 0 aromatic heterocycles. The maximum atomic E-state index is 5.63. The molecule has 0 atom stereocenters. The molecule has 0 aliphatic heterocycles. The third-order valence-corrected chi connectivity index (χ3v) is 4.33. The van der Waals surface area contributed by atoms with Gasteiger partial charge in [0.05, 0.1) is 6.61 Å². The maximum Gasteiger partial charge on any atom is 0.148 e. The van der Waals surface area contributed by atoms with Crippen molar-refractivity contribution in [1.82, 2.24) is 0 Å². The highest BCUT2D eigenvalue weighted by Crippen LogP contribution is 2.30. The summed E-state index contributed by atoms with van der Waals surface area (Å²) in [5, 5.41) is 0.960. The van der Waals surface area contributed by atoms with E-state index in [1.165, 1.54) is 4.90 Å². The van der Waals surface area contributed by atoms with E-state index < -0.39 is 0 Å². The summed E-state index contributed by atoms with van der Waals surface area (Å²) >= 11 is 5.09. The van der Waals surface area contributed by atoms with Crippen LogP contribution in [0.25, 0.3) is 0 Å². The maximum absolute atomic E-state index is 5.63. The zero-order chi connectivity index (χ0) is 15.6. The van der Waals surface area contributed by atoms with Crippen molar-refractivity contribution in [2.24, 2.45) is 0 Å². The Labute approximate surface area is 144 Å². The van der Waals surface area contributed by atoms with Gasteiger partial charge in [-0.15, -0.1) is 6.42 Å². The summed E-state index contributed by atoms with van der Waals surface area (Å²) in [4.78, 5) is 2.33. The van der Waals surface area contributed by atoms with E-state index in [0.29, 0.717) is 6.61 Å². The molecule has 4 heteroatoms. The molecule has 0 spiro atoms. The minimum Gasteiger partial charge on any atom is -0.494 e. The summed E-state index contributed by atoms with van der Waals surface area (Å²) in [6.07, 6.45) is 6.17. The Balaban J connectivity index is 1.89. The number of alkyl halides is 1. The van der Waals surface area contributed by atoms with Gasteiger partial charge in [0.1, 0.15) is 18.1 Å². The summed E-state index contributed by atoms with van der Waals surface area (Å²) in [6.45, 7) is 1.03. The Hall–Kier alpha value is -1.57. The normalized spacial score (nSPS) is 10.0. The van der Waals surface area contributed by atoms with Gasteiger partial charge >= 0.3 is 0 Å². The Morgan fingerprint density at radius 3 is 1.95 bits per heavy atom. The van der Waals surface area contributed by atoms with Crippen LogP contribution in [0.3, 0.4) is 0 Å². The number of benzene rings is 2. The first kappa shape index (κ1) is 16.8. The summed E-state index contributed by atoms with van der Waals surface area (Å²) in [5.74, 6) is 4.15. The predicted octanol–water partition coefficient (Wildman–Crippen LogP) is 5.01. The fourth-order valence-electron chi connectivity index (χ4n) is 1.71. The second-order valence-electron chi connectivity index (χ2n) is 4.43. The smallest absolute Gasteiger partial charge is 0.148 e. The molecule has 0 saturated heterocycles. The molecule has 0 N–H and O–H groups in total. The first-order valence-electron chi connectivity index (χ1n) is 6.95. The number of ether oxygens (including phenoxy) is 2. The summed E-state index contributed by atoms with van der Waals surface area (Å²) in [7, 11) is 0. The average molecular weight is 377 g/mol. The van der Waals surface area contributed by atoms with Crippen molar-refractivity contribution in [2.75, 3.05) is 18.5 Å². The fraction of sp³-hybridized carbons (Fsp3) is 0.222. The lowest BCUT2D eigenvalue weighted by Gasteiger charge is -2.07. The van der Waals surface area contributed by atoms with Crippen LogP contribution in [0.1, 0.15) is 6.42 Å². The molecule has 0 unspecified atom stereocenters. The molecular weight excluding hydrogens is 360 g/mol. The Bertz CT molecular complexity index is 602. The molecule has 22 heavy (non-hydrogen) atoms. The molecule has 0 radical (unpaired) electrons.